The van der Waals surface area contributed by atoms with Crippen molar-refractivity contribution in [2.75, 3.05) is 0 Å². The van der Waals surface area contributed by atoms with Gasteiger partial charge in [-0.1, -0.05) is 41.5 Å². The molecule has 0 bridgehead atoms. The highest BCUT2D eigenvalue weighted by Gasteiger charge is 2.52. The monoisotopic (exact) mass is 292 g/mol. The lowest BCUT2D eigenvalue weighted by Gasteiger charge is -2.37. The molecule has 0 aromatic rings. The molecule has 0 aliphatic rings. The van der Waals surface area contributed by atoms with Crippen molar-refractivity contribution in [2.45, 2.75) is 57.1 Å². The summed E-state index contributed by atoms with van der Waals surface area (Å²) in [6.45, 7) is 10.2. The molecule has 0 saturated carbocycles. The fraction of sp³-hybridized carbons (Fsp3) is 1.00. The molecule has 0 unspecified atom stereocenters. The molecule has 0 aromatic carbocycles. The van der Waals surface area contributed by atoms with Crippen LogP contribution >= 0.6 is 0 Å². The van der Waals surface area contributed by atoms with Crippen molar-refractivity contribution in [2.24, 2.45) is 0 Å². The van der Waals surface area contributed by atoms with E-state index < -0.39 is 34.7 Å². The van der Waals surface area contributed by atoms with Gasteiger partial charge in [-0.05, 0) is 10.1 Å². The van der Waals surface area contributed by atoms with Gasteiger partial charge in [0, 0.05) is 0 Å². The molecule has 0 spiro atoms. The van der Waals surface area contributed by atoms with Crippen LogP contribution in [-0.4, -0.2) is 23.0 Å². The maximum Gasteiger partial charge on any atom is 0.522 e. The van der Waals surface area contributed by atoms with E-state index in [4.69, 9.17) is 0 Å². The van der Waals surface area contributed by atoms with Crippen molar-refractivity contribution in [1.82, 2.24) is 0 Å². The third kappa shape index (κ3) is 4.59. The highest BCUT2D eigenvalue weighted by Crippen LogP contribution is 2.44. The molecular formula is C9H19F3O3SSi. The standard InChI is InChI=1S/C9H19F3O3SSi/c1-7(2,3)17(8(4,5)6)15-16(13,14)9(10,11)12/h17H,1-6H3. The Morgan fingerprint density at radius 1 is 0.882 bits per heavy atom. The number of hydrogen-bond donors (Lipinski definition) is 0. The topological polar surface area (TPSA) is 43.4 Å². The Labute approximate surface area is 102 Å². The number of halogens is 3. The van der Waals surface area contributed by atoms with E-state index in [1.54, 1.807) is 41.5 Å². The lowest BCUT2D eigenvalue weighted by Crippen LogP contribution is -2.43. The zero-order chi connectivity index (χ0) is 14.3. The van der Waals surface area contributed by atoms with Gasteiger partial charge in [0.15, 0.2) is 0 Å². The van der Waals surface area contributed by atoms with E-state index in [9.17, 15) is 21.6 Å². The summed E-state index contributed by atoms with van der Waals surface area (Å²) in [5.74, 6) is 0. The highest BCUT2D eigenvalue weighted by molar-refractivity contribution is 7.88. The van der Waals surface area contributed by atoms with Crippen molar-refractivity contribution in [1.29, 1.82) is 0 Å². The molecule has 0 N–H and O–H groups in total. The van der Waals surface area contributed by atoms with E-state index in [0.29, 0.717) is 0 Å². The van der Waals surface area contributed by atoms with Crippen LogP contribution in [0.4, 0.5) is 13.2 Å². The lowest BCUT2D eigenvalue weighted by molar-refractivity contribution is -0.0503. The van der Waals surface area contributed by atoms with Gasteiger partial charge in [-0.3, -0.25) is 0 Å². The van der Waals surface area contributed by atoms with Gasteiger partial charge in [-0.2, -0.15) is 21.6 Å². The number of hydrogen-bond acceptors (Lipinski definition) is 3. The van der Waals surface area contributed by atoms with E-state index in [1.807, 2.05) is 0 Å². The minimum Gasteiger partial charge on any atom is -0.311 e. The molecule has 8 heteroatoms. The highest BCUT2D eigenvalue weighted by atomic mass is 32.2. The third-order valence-electron chi connectivity index (χ3n) is 2.08. The van der Waals surface area contributed by atoms with E-state index in [2.05, 4.69) is 3.87 Å². The first-order valence-corrected chi connectivity index (χ1v) is 8.12. The van der Waals surface area contributed by atoms with E-state index >= 15 is 0 Å². The molecule has 0 aliphatic heterocycles. The second-order valence-corrected chi connectivity index (χ2v) is 12.5. The van der Waals surface area contributed by atoms with Crippen molar-refractivity contribution in [3.8, 4) is 0 Å². The summed E-state index contributed by atoms with van der Waals surface area (Å²) in [5, 5.41) is -1.17. The minimum absolute atomic E-state index is 0.587. The van der Waals surface area contributed by atoms with E-state index in [-0.39, 0.29) is 0 Å². The fourth-order valence-electron chi connectivity index (χ4n) is 1.77. The predicted molar refractivity (Wildman–Crippen MR) is 62.6 cm³/mol. The van der Waals surface area contributed by atoms with Crippen LogP contribution in [0.1, 0.15) is 41.5 Å². The average molecular weight is 292 g/mol. The summed E-state index contributed by atoms with van der Waals surface area (Å²) in [6, 6.07) is 0. The molecular weight excluding hydrogens is 273 g/mol. The van der Waals surface area contributed by atoms with Crippen LogP contribution in [0.3, 0.4) is 0 Å². The normalized spacial score (nSPS) is 15.4. The zero-order valence-electron chi connectivity index (χ0n) is 10.8. The zero-order valence-corrected chi connectivity index (χ0v) is 12.8. The number of rotatable bonds is 2. The van der Waals surface area contributed by atoms with Gasteiger partial charge >= 0.3 is 15.6 Å². The summed E-state index contributed by atoms with van der Waals surface area (Å²) < 4.78 is 63.4. The van der Waals surface area contributed by atoms with Gasteiger partial charge in [-0.15, -0.1) is 0 Å². The molecule has 0 saturated heterocycles. The first-order valence-electron chi connectivity index (χ1n) is 5.08. The summed E-state index contributed by atoms with van der Waals surface area (Å²) in [7, 11) is -8.14. The van der Waals surface area contributed by atoms with Gasteiger partial charge in [0.1, 0.15) is 0 Å². The quantitative estimate of drug-likeness (QED) is 0.580. The molecule has 0 radical (unpaired) electrons. The van der Waals surface area contributed by atoms with Crippen molar-refractivity contribution < 1.29 is 25.5 Å². The number of alkyl halides is 3. The maximum atomic E-state index is 12.3. The molecule has 17 heavy (non-hydrogen) atoms. The Morgan fingerprint density at radius 3 is 1.35 bits per heavy atom. The van der Waals surface area contributed by atoms with Crippen LogP contribution in [0.5, 0.6) is 0 Å². The molecule has 0 aliphatic carbocycles. The Hall–Kier alpha value is -0.0831. The summed E-state index contributed by atoms with van der Waals surface area (Å²) in [4.78, 5) is 0. The Bertz CT molecular complexity index is 348. The second-order valence-electron chi connectivity index (χ2n) is 6.11. The van der Waals surface area contributed by atoms with E-state index in [0.717, 1.165) is 0 Å². The van der Waals surface area contributed by atoms with Gasteiger partial charge in [0.25, 0.3) is 0 Å². The van der Waals surface area contributed by atoms with Gasteiger partial charge in [-0.25, -0.2) is 0 Å². The van der Waals surface area contributed by atoms with Crippen LogP contribution < -0.4 is 0 Å². The van der Waals surface area contributed by atoms with Crippen molar-refractivity contribution in [3.05, 3.63) is 0 Å². The second kappa shape index (κ2) is 4.54. The molecule has 0 fully saturated rings. The lowest BCUT2D eigenvalue weighted by atomic mass is 10.2. The molecule has 3 nitrogen and oxygen atoms in total. The fourth-order valence-corrected chi connectivity index (χ4v) is 8.13. The Kier molecular flexibility index (Phi) is 4.52. The average Bonchev–Trinajstić information content (AvgIpc) is 1.93. The smallest absolute Gasteiger partial charge is 0.311 e. The molecule has 0 aromatic heterocycles. The van der Waals surface area contributed by atoms with Crippen molar-refractivity contribution in [3.63, 3.8) is 0 Å². The summed E-state index contributed by atoms with van der Waals surface area (Å²) in [5.41, 5.74) is -5.35. The summed E-state index contributed by atoms with van der Waals surface area (Å²) >= 11 is 0. The Morgan fingerprint density at radius 2 is 1.18 bits per heavy atom. The SMILES string of the molecule is CC(C)(C)[SiH](OS(=O)(=O)C(F)(F)F)C(C)(C)C. The maximum absolute atomic E-state index is 12.3. The van der Waals surface area contributed by atoms with Crippen LogP contribution in [0.25, 0.3) is 0 Å². The van der Waals surface area contributed by atoms with Crippen LogP contribution in [0, 0.1) is 0 Å². The van der Waals surface area contributed by atoms with Crippen LogP contribution in [0.2, 0.25) is 10.1 Å². The molecule has 0 atom stereocenters. The predicted octanol–water partition coefficient (Wildman–Crippen LogP) is 3.18. The molecule has 0 amide bonds. The first-order chi connectivity index (χ1) is 7.09. The van der Waals surface area contributed by atoms with Gasteiger partial charge in [0.05, 0.1) is 0 Å². The molecule has 0 heterocycles. The van der Waals surface area contributed by atoms with Gasteiger partial charge in [0.2, 0.25) is 9.04 Å². The summed E-state index contributed by atoms with van der Waals surface area (Å²) in [6.07, 6.45) is 0. The largest absolute Gasteiger partial charge is 0.522 e. The van der Waals surface area contributed by atoms with Gasteiger partial charge < -0.3 is 3.87 Å². The van der Waals surface area contributed by atoms with Crippen molar-refractivity contribution >= 4 is 19.2 Å². The van der Waals surface area contributed by atoms with Crippen LogP contribution in [0.15, 0.2) is 0 Å². The Balaban J connectivity index is 5.33. The minimum atomic E-state index is -5.50. The van der Waals surface area contributed by atoms with Crippen LogP contribution in [-0.2, 0) is 14.0 Å². The van der Waals surface area contributed by atoms with E-state index in [1.165, 1.54) is 0 Å². The molecule has 0 rings (SSSR count). The third-order valence-corrected chi connectivity index (χ3v) is 7.58. The first kappa shape index (κ1) is 16.9. The molecule has 104 valence electrons.